The molecule has 0 bridgehead atoms. The third-order valence-electron chi connectivity index (χ3n) is 11.1. The summed E-state index contributed by atoms with van der Waals surface area (Å²) < 4.78 is 16.7. The Kier molecular flexibility index (Phi) is 50.0. The van der Waals surface area contributed by atoms with Crippen LogP contribution < -0.4 is 0 Å². The van der Waals surface area contributed by atoms with E-state index in [0.717, 1.165) is 89.9 Å². The van der Waals surface area contributed by atoms with E-state index < -0.39 is 12.1 Å². The van der Waals surface area contributed by atoms with Gasteiger partial charge in [-0.25, -0.2) is 0 Å². The third kappa shape index (κ3) is 51.2. The average Bonchev–Trinajstić information content (AvgIpc) is 3.30. The van der Waals surface area contributed by atoms with Crippen LogP contribution >= 0.6 is 0 Å². The maximum atomic E-state index is 12.7. The van der Waals surface area contributed by atoms with Gasteiger partial charge in [-0.2, -0.15) is 0 Å². The molecule has 0 fully saturated rings. The fourth-order valence-electron chi connectivity index (χ4n) is 7.07. The zero-order valence-electron chi connectivity index (χ0n) is 42.2. The number of esters is 3. The molecule has 0 aliphatic rings. The number of hydrogen-bond donors (Lipinski definition) is 0. The van der Waals surface area contributed by atoms with Crippen molar-refractivity contribution in [3.63, 3.8) is 0 Å². The van der Waals surface area contributed by atoms with E-state index in [4.69, 9.17) is 14.2 Å². The lowest BCUT2D eigenvalue weighted by molar-refractivity contribution is -0.166. The molecule has 0 aliphatic heterocycles. The number of unbranched alkanes of at least 4 members (excludes halogenated alkanes) is 21. The fraction of sp³-hybridized carbons (Fsp3) is 0.678. The first-order chi connectivity index (χ1) is 32.0. The summed E-state index contributed by atoms with van der Waals surface area (Å²) in [7, 11) is 0. The second kappa shape index (κ2) is 52.9. The molecule has 0 radical (unpaired) electrons. The van der Waals surface area contributed by atoms with Crippen LogP contribution in [0, 0.1) is 0 Å². The molecule has 6 heteroatoms. The number of allylic oxidation sites excluding steroid dienone is 15. The number of rotatable bonds is 47. The van der Waals surface area contributed by atoms with Crippen LogP contribution in [0.2, 0.25) is 0 Å². The molecule has 0 aromatic carbocycles. The van der Waals surface area contributed by atoms with E-state index in [0.29, 0.717) is 12.8 Å². The molecule has 1 unspecified atom stereocenters. The van der Waals surface area contributed by atoms with Gasteiger partial charge in [-0.15, -0.1) is 0 Å². The van der Waals surface area contributed by atoms with Crippen LogP contribution in [-0.2, 0) is 28.6 Å². The molecule has 1 atom stereocenters. The predicted molar refractivity (Wildman–Crippen MR) is 279 cm³/mol. The highest BCUT2D eigenvalue weighted by Crippen LogP contribution is 2.14. The van der Waals surface area contributed by atoms with Crippen molar-refractivity contribution in [2.75, 3.05) is 13.2 Å². The third-order valence-corrected chi connectivity index (χ3v) is 11.1. The van der Waals surface area contributed by atoms with E-state index in [9.17, 15) is 14.4 Å². The van der Waals surface area contributed by atoms with Gasteiger partial charge in [0.15, 0.2) is 6.10 Å². The Morgan fingerprint density at radius 2 is 0.646 bits per heavy atom. The van der Waals surface area contributed by atoms with Crippen LogP contribution in [0.1, 0.15) is 239 Å². The van der Waals surface area contributed by atoms with Gasteiger partial charge in [0.25, 0.3) is 0 Å². The van der Waals surface area contributed by atoms with Gasteiger partial charge < -0.3 is 14.2 Å². The number of ether oxygens (including phenoxy) is 3. The SMILES string of the molecule is CC/C=C\C/C=C\C/C=C\C/C=C\C/C=C\CC(=O)OC(COC(=O)CCCCCCC/C=C\CCCCCC)COC(=O)CCCCCCCCCCC/C=C\C/C=C\CCCCC. The number of carbonyl (C=O) groups is 3. The maximum absolute atomic E-state index is 12.7. The molecule has 0 amide bonds. The molecule has 0 spiro atoms. The smallest absolute Gasteiger partial charge is 0.310 e. The Morgan fingerprint density at radius 3 is 1.06 bits per heavy atom. The summed E-state index contributed by atoms with van der Waals surface area (Å²) in [4.78, 5) is 38.0. The van der Waals surface area contributed by atoms with Gasteiger partial charge >= 0.3 is 17.9 Å². The zero-order valence-corrected chi connectivity index (χ0v) is 42.2. The van der Waals surface area contributed by atoms with Gasteiger partial charge in [-0.05, 0) is 103 Å². The Morgan fingerprint density at radius 1 is 0.338 bits per heavy atom. The monoisotopic (exact) mass is 903 g/mol. The summed E-state index contributed by atoms with van der Waals surface area (Å²) in [5, 5.41) is 0. The number of hydrogen-bond acceptors (Lipinski definition) is 6. The Bertz CT molecular complexity index is 1310. The molecule has 0 heterocycles. The molecular formula is C59H98O6. The normalized spacial score (nSPS) is 12.8. The van der Waals surface area contributed by atoms with Crippen LogP contribution in [0.15, 0.2) is 97.2 Å². The van der Waals surface area contributed by atoms with Gasteiger partial charge in [0.1, 0.15) is 13.2 Å². The van der Waals surface area contributed by atoms with Crippen LogP contribution in [0.3, 0.4) is 0 Å². The van der Waals surface area contributed by atoms with Gasteiger partial charge in [0.05, 0.1) is 6.42 Å². The van der Waals surface area contributed by atoms with Gasteiger partial charge in [0.2, 0.25) is 0 Å². The average molecular weight is 903 g/mol. The quantitative estimate of drug-likeness (QED) is 0.0262. The summed E-state index contributed by atoms with van der Waals surface area (Å²) in [5.74, 6) is -1.07. The largest absolute Gasteiger partial charge is 0.462 e. The molecular weight excluding hydrogens is 805 g/mol. The summed E-state index contributed by atoms with van der Waals surface area (Å²) in [5.41, 5.74) is 0. The highest BCUT2D eigenvalue weighted by molar-refractivity contribution is 5.72. The second-order valence-corrected chi connectivity index (χ2v) is 17.4. The van der Waals surface area contributed by atoms with Crippen LogP contribution in [-0.4, -0.2) is 37.2 Å². The first-order valence-corrected chi connectivity index (χ1v) is 26.7. The molecule has 0 aromatic rings. The van der Waals surface area contributed by atoms with E-state index in [1.165, 1.54) is 109 Å². The summed E-state index contributed by atoms with van der Waals surface area (Å²) in [6, 6.07) is 0. The van der Waals surface area contributed by atoms with E-state index >= 15 is 0 Å². The van der Waals surface area contributed by atoms with Crippen molar-refractivity contribution >= 4 is 17.9 Å². The summed E-state index contributed by atoms with van der Waals surface area (Å²) in [6.45, 7) is 6.39. The van der Waals surface area contributed by atoms with Crippen molar-refractivity contribution in [1.29, 1.82) is 0 Å². The van der Waals surface area contributed by atoms with E-state index in [2.05, 4.69) is 106 Å². The van der Waals surface area contributed by atoms with Crippen LogP contribution in [0.25, 0.3) is 0 Å². The Labute approximate surface area is 400 Å². The lowest BCUT2D eigenvalue weighted by Gasteiger charge is -2.18. The molecule has 0 saturated heterocycles. The zero-order chi connectivity index (χ0) is 47.2. The van der Waals surface area contributed by atoms with E-state index in [1.54, 1.807) is 6.08 Å². The molecule has 6 nitrogen and oxygen atoms in total. The first-order valence-electron chi connectivity index (χ1n) is 26.7. The van der Waals surface area contributed by atoms with Crippen molar-refractivity contribution < 1.29 is 28.6 Å². The van der Waals surface area contributed by atoms with Gasteiger partial charge in [-0.1, -0.05) is 214 Å². The van der Waals surface area contributed by atoms with Gasteiger partial charge in [-0.3, -0.25) is 14.4 Å². The Balaban J connectivity index is 4.49. The van der Waals surface area contributed by atoms with Gasteiger partial charge in [0, 0.05) is 12.8 Å². The van der Waals surface area contributed by atoms with Crippen molar-refractivity contribution in [2.24, 2.45) is 0 Å². The number of carbonyl (C=O) groups excluding carboxylic acids is 3. The minimum Gasteiger partial charge on any atom is -0.462 e. The molecule has 0 aliphatic carbocycles. The van der Waals surface area contributed by atoms with E-state index in [-0.39, 0.29) is 31.6 Å². The topological polar surface area (TPSA) is 78.9 Å². The van der Waals surface area contributed by atoms with Crippen molar-refractivity contribution in [3.8, 4) is 0 Å². The minimum absolute atomic E-state index is 0.0926. The molecule has 0 rings (SSSR count). The lowest BCUT2D eigenvalue weighted by atomic mass is 10.1. The van der Waals surface area contributed by atoms with Crippen LogP contribution in [0.4, 0.5) is 0 Å². The molecule has 370 valence electrons. The second-order valence-electron chi connectivity index (χ2n) is 17.4. The summed E-state index contributed by atoms with van der Waals surface area (Å²) >= 11 is 0. The Hall–Kier alpha value is -3.67. The molecule has 0 aromatic heterocycles. The van der Waals surface area contributed by atoms with Crippen molar-refractivity contribution in [3.05, 3.63) is 97.2 Å². The highest BCUT2D eigenvalue weighted by atomic mass is 16.6. The highest BCUT2D eigenvalue weighted by Gasteiger charge is 2.19. The lowest BCUT2D eigenvalue weighted by Crippen LogP contribution is -2.30. The van der Waals surface area contributed by atoms with Crippen molar-refractivity contribution in [1.82, 2.24) is 0 Å². The van der Waals surface area contributed by atoms with Crippen LogP contribution in [0.5, 0.6) is 0 Å². The molecule has 0 N–H and O–H groups in total. The maximum Gasteiger partial charge on any atom is 0.310 e. The standard InChI is InChI=1S/C59H98O6/c1-4-7-10-13-16-19-22-25-27-28-29-30-32-34-37-40-43-46-49-52-58(61)64-55-56(54-63-57(60)51-48-45-42-39-36-33-24-21-18-15-12-9-6-3)65-59(62)53-50-47-44-41-38-35-31-26-23-20-17-14-11-8-5-2/h8,11,16-17,19-21,24-27,31,38,41,47,50,56H,4-7,9-10,12-15,18,22-23,28-30,32-37,39-40,42-46,48-49,51-55H2,1-3H3/b11-8-,19-16-,20-17-,24-21-,27-25-,31-26-,41-38-,50-47-. The van der Waals surface area contributed by atoms with E-state index in [1.807, 2.05) is 6.08 Å². The molecule has 65 heavy (non-hydrogen) atoms. The minimum atomic E-state index is -0.837. The first kappa shape index (κ1) is 61.3. The molecule has 0 saturated carbocycles. The predicted octanol–water partition coefficient (Wildman–Crippen LogP) is 17.8. The summed E-state index contributed by atoms with van der Waals surface area (Å²) in [6.07, 6.45) is 69.9. The fourth-order valence-corrected chi connectivity index (χ4v) is 7.07. The van der Waals surface area contributed by atoms with Crippen molar-refractivity contribution in [2.45, 2.75) is 245 Å².